The summed E-state index contributed by atoms with van der Waals surface area (Å²) in [6, 6.07) is 4.17. The van der Waals surface area contributed by atoms with E-state index in [4.69, 9.17) is 4.74 Å². The first-order valence-corrected chi connectivity index (χ1v) is 6.10. The number of benzene rings is 1. The normalized spacial score (nSPS) is 12.5. The van der Waals surface area contributed by atoms with Gasteiger partial charge < -0.3 is 9.84 Å². The van der Waals surface area contributed by atoms with E-state index in [0.29, 0.717) is 16.8 Å². The summed E-state index contributed by atoms with van der Waals surface area (Å²) in [6.07, 6.45) is -0.614. The van der Waals surface area contributed by atoms with Crippen LogP contribution in [-0.2, 0) is 0 Å². The summed E-state index contributed by atoms with van der Waals surface area (Å²) in [6.45, 7) is 0.547. The highest BCUT2D eigenvalue weighted by molar-refractivity contribution is 14.1. The van der Waals surface area contributed by atoms with Crippen LogP contribution in [0.25, 0.3) is 0 Å². The number of ether oxygens (including phenoxy) is 1. The molecule has 1 rings (SSSR count). The van der Waals surface area contributed by atoms with Crippen LogP contribution < -0.4 is 8.27 Å². The van der Waals surface area contributed by atoms with Gasteiger partial charge in [0, 0.05) is 35.5 Å². The molecule has 0 radical (unpaired) electrons. The van der Waals surface area contributed by atoms with Crippen molar-refractivity contribution in [3.63, 3.8) is 0 Å². The maximum absolute atomic E-state index is 12.8. The van der Waals surface area contributed by atoms with Gasteiger partial charge in [0.2, 0.25) is 0 Å². The molecule has 0 amide bonds. The molecule has 1 unspecified atom stereocenters. The minimum Gasteiger partial charge on any atom is -0.490 e. The average Bonchev–Trinajstić information content (AvgIpc) is 2.20. The van der Waals surface area contributed by atoms with Gasteiger partial charge in [0.05, 0.1) is 4.47 Å². The molecule has 1 atom stereocenters. The van der Waals surface area contributed by atoms with E-state index in [1.54, 1.807) is 6.07 Å². The molecule has 15 heavy (non-hydrogen) atoms. The van der Waals surface area contributed by atoms with E-state index in [0.717, 1.165) is 0 Å². The molecule has 0 aliphatic heterocycles. The molecule has 3 nitrogen and oxygen atoms in total. The Morgan fingerprint density at radius 3 is 3.00 bits per heavy atom. The second-order valence-corrected chi connectivity index (χ2v) is 4.49. The van der Waals surface area contributed by atoms with E-state index < -0.39 is 6.10 Å². The predicted molar refractivity (Wildman–Crippen MR) is 67.6 cm³/mol. The molecule has 1 aromatic carbocycles. The van der Waals surface area contributed by atoms with Crippen molar-refractivity contribution in [3.8, 4) is 5.75 Å². The highest BCUT2D eigenvalue weighted by atomic mass is 127. The van der Waals surface area contributed by atoms with Crippen LogP contribution in [0.2, 0.25) is 0 Å². The molecule has 0 saturated carbocycles. The Labute approximate surface area is 110 Å². The fourth-order valence-corrected chi connectivity index (χ4v) is 1.79. The first-order valence-electron chi connectivity index (χ1n) is 4.23. The Morgan fingerprint density at radius 1 is 1.60 bits per heavy atom. The molecule has 0 saturated heterocycles. The second-order valence-electron chi connectivity index (χ2n) is 2.88. The highest BCUT2D eigenvalue weighted by Crippen LogP contribution is 2.25. The quantitative estimate of drug-likeness (QED) is 0.599. The van der Waals surface area contributed by atoms with E-state index in [9.17, 15) is 9.50 Å². The first kappa shape index (κ1) is 13.1. The number of rotatable bonds is 5. The molecule has 0 aliphatic rings. The lowest BCUT2D eigenvalue weighted by Gasteiger charge is -2.12. The zero-order valence-corrected chi connectivity index (χ0v) is 11.5. The number of aliphatic hydroxyl groups is 1. The highest BCUT2D eigenvalue weighted by Gasteiger charge is 2.07. The summed E-state index contributed by atoms with van der Waals surface area (Å²) in [4.78, 5) is 0. The van der Waals surface area contributed by atoms with Crippen molar-refractivity contribution in [1.29, 1.82) is 0 Å². The zero-order valence-electron chi connectivity index (χ0n) is 7.71. The molecule has 84 valence electrons. The third kappa shape index (κ3) is 4.62. The minimum atomic E-state index is -0.614. The molecule has 2 N–H and O–H groups in total. The van der Waals surface area contributed by atoms with Gasteiger partial charge >= 0.3 is 0 Å². The molecule has 0 aromatic heterocycles. The standard InChI is InChI=1S/C9H10BrFINO2/c10-8-2-1-6(11)3-9(8)15-5-7(14)4-13-12/h1-3,7,13-14H,4-5H2. The van der Waals surface area contributed by atoms with Gasteiger partial charge in [-0.3, -0.25) is 3.53 Å². The van der Waals surface area contributed by atoms with Gasteiger partial charge in [0.25, 0.3) is 0 Å². The van der Waals surface area contributed by atoms with Crippen molar-refractivity contribution in [3.05, 3.63) is 28.5 Å². The van der Waals surface area contributed by atoms with E-state index in [2.05, 4.69) is 19.5 Å². The van der Waals surface area contributed by atoms with Crippen LogP contribution in [0.4, 0.5) is 4.39 Å². The van der Waals surface area contributed by atoms with Gasteiger partial charge in [-0.1, -0.05) is 0 Å². The lowest BCUT2D eigenvalue weighted by atomic mass is 10.3. The third-order valence-electron chi connectivity index (χ3n) is 1.64. The summed E-state index contributed by atoms with van der Waals surface area (Å²) in [5.74, 6) is 0.0252. The number of hydrogen-bond acceptors (Lipinski definition) is 3. The fraction of sp³-hybridized carbons (Fsp3) is 0.333. The number of halogens is 3. The van der Waals surface area contributed by atoms with Crippen LogP contribution in [0.5, 0.6) is 5.75 Å². The van der Waals surface area contributed by atoms with Crippen LogP contribution in [0.1, 0.15) is 0 Å². The van der Waals surface area contributed by atoms with Crippen molar-refractivity contribution in [2.45, 2.75) is 6.10 Å². The van der Waals surface area contributed by atoms with E-state index in [1.165, 1.54) is 12.1 Å². The van der Waals surface area contributed by atoms with Gasteiger partial charge in [0.1, 0.15) is 24.3 Å². The van der Waals surface area contributed by atoms with Crippen LogP contribution in [-0.4, -0.2) is 24.4 Å². The predicted octanol–water partition coefficient (Wildman–Crippen LogP) is 2.27. The summed E-state index contributed by atoms with van der Waals surface area (Å²) >= 11 is 5.16. The van der Waals surface area contributed by atoms with Crippen molar-refractivity contribution < 1.29 is 14.2 Å². The number of nitrogens with one attached hydrogen (secondary N) is 1. The average molecular weight is 390 g/mol. The summed E-state index contributed by atoms with van der Waals surface area (Å²) < 4.78 is 21.5. The van der Waals surface area contributed by atoms with Gasteiger partial charge in [-0.25, -0.2) is 4.39 Å². The van der Waals surface area contributed by atoms with Gasteiger partial charge in [-0.15, -0.1) is 0 Å². The third-order valence-corrected chi connectivity index (χ3v) is 2.73. The summed E-state index contributed by atoms with van der Waals surface area (Å²) in [5, 5.41) is 9.37. The largest absolute Gasteiger partial charge is 0.490 e. The van der Waals surface area contributed by atoms with Crippen molar-refractivity contribution >= 4 is 38.8 Å². The Bertz CT molecular complexity index is 327. The van der Waals surface area contributed by atoms with Crippen molar-refractivity contribution in [1.82, 2.24) is 3.53 Å². The van der Waals surface area contributed by atoms with E-state index in [-0.39, 0.29) is 12.4 Å². The Balaban J connectivity index is 2.53. The lowest BCUT2D eigenvalue weighted by molar-refractivity contribution is 0.112. The van der Waals surface area contributed by atoms with Crippen molar-refractivity contribution in [2.75, 3.05) is 13.2 Å². The molecule has 1 aromatic rings. The van der Waals surface area contributed by atoms with Gasteiger partial charge in [-0.2, -0.15) is 0 Å². The van der Waals surface area contributed by atoms with E-state index >= 15 is 0 Å². The topological polar surface area (TPSA) is 41.5 Å². The molecular weight excluding hydrogens is 380 g/mol. The first-order chi connectivity index (χ1) is 7.13. The van der Waals surface area contributed by atoms with E-state index in [1.807, 2.05) is 22.9 Å². The monoisotopic (exact) mass is 389 g/mol. The van der Waals surface area contributed by atoms with Crippen molar-refractivity contribution in [2.24, 2.45) is 0 Å². The number of hydrogen-bond donors (Lipinski definition) is 2. The van der Waals surface area contributed by atoms with Crippen LogP contribution in [0.15, 0.2) is 22.7 Å². The maximum atomic E-state index is 12.8. The summed E-state index contributed by atoms with van der Waals surface area (Å²) in [7, 11) is 0. The smallest absolute Gasteiger partial charge is 0.136 e. The van der Waals surface area contributed by atoms with Gasteiger partial charge in [-0.05, 0) is 28.1 Å². The molecule has 0 bridgehead atoms. The van der Waals surface area contributed by atoms with Crippen LogP contribution >= 0.6 is 38.8 Å². The molecule has 0 heterocycles. The SMILES string of the molecule is OC(CNI)COc1cc(F)ccc1Br. The summed E-state index contributed by atoms with van der Waals surface area (Å²) in [5.41, 5.74) is 0. The van der Waals surface area contributed by atoms with Crippen LogP contribution in [0.3, 0.4) is 0 Å². The lowest BCUT2D eigenvalue weighted by Crippen LogP contribution is -2.26. The maximum Gasteiger partial charge on any atom is 0.136 e. The Kier molecular flexibility index (Phi) is 5.80. The molecule has 0 fully saturated rings. The van der Waals surface area contributed by atoms with Crippen LogP contribution in [0, 0.1) is 5.82 Å². The second kappa shape index (κ2) is 6.62. The van der Waals surface area contributed by atoms with Gasteiger partial charge in [0.15, 0.2) is 0 Å². The number of aliphatic hydroxyl groups excluding tert-OH is 1. The molecular formula is C9H10BrFINO2. The molecule has 0 aliphatic carbocycles. The molecule has 0 spiro atoms. The Hall–Kier alpha value is 0.0800. The minimum absolute atomic E-state index is 0.123. The fourth-order valence-electron chi connectivity index (χ4n) is 0.922. The Morgan fingerprint density at radius 2 is 2.33 bits per heavy atom. The zero-order chi connectivity index (χ0) is 11.3. The molecule has 6 heteroatoms.